The molecule has 0 unspecified atom stereocenters. The summed E-state index contributed by atoms with van der Waals surface area (Å²) in [5, 5.41) is 10.7. The van der Waals surface area contributed by atoms with Gasteiger partial charge in [-0.15, -0.1) is 0 Å². The summed E-state index contributed by atoms with van der Waals surface area (Å²) in [5.41, 5.74) is -0.245. The first-order valence-electron chi connectivity index (χ1n) is 5.65. The van der Waals surface area contributed by atoms with Gasteiger partial charge in [0.2, 0.25) is 5.88 Å². The number of hydrogen-bond acceptors (Lipinski definition) is 6. The Hall–Kier alpha value is -2.84. The van der Waals surface area contributed by atoms with E-state index in [4.69, 9.17) is 4.42 Å². The van der Waals surface area contributed by atoms with Crippen molar-refractivity contribution < 1.29 is 22.9 Å². The Bertz CT molecular complexity index is 685. The summed E-state index contributed by atoms with van der Waals surface area (Å²) in [6, 6.07) is 3.22. The van der Waals surface area contributed by atoms with E-state index in [0.29, 0.717) is 5.89 Å². The lowest BCUT2D eigenvalue weighted by molar-refractivity contribution is -0.384. The number of alkyl halides is 2. The molecule has 0 N–H and O–H groups in total. The van der Waals surface area contributed by atoms with Crippen molar-refractivity contribution in [3.05, 3.63) is 46.0 Å². The quantitative estimate of drug-likeness (QED) is 0.480. The molecule has 0 saturated carbocycles. The van der Waals surface area contributed by atoms with Gasteiger partial charge < -0.3 is 9.15 Å². The highest BCUT2D eigenvalue weighted by molar-refractivity contribution is 5.86. The van der Waals surface area contributed by atoms with E-state index >= 15 is 0 Å². The fraction of sp³-hybridized carbons (Fsp3) is 0.167. The zero-order chi connectivity index (χ0) is 15.4. The number of halogens is 2. The molecular formula is C12H9F2N3O4. The zero-order valence-electron chi connectivity index (χ0n) is 10.7. The van der Waals surface area contributed by atoms with Crippen LogP contribution in [0.5, 0.6) is 5.75 Å². The Balaban J connectivity index is 2.35. The number of nitro groups is 1. The van der Waals surface area contributed by atoms with E-state index in [1.807, 2.05) is 0 Å². The topological polar surface area (TPSA) is 90.8 Å². The van der Waals surface area contributed by atoms with Crippen LogP contribution >= 0.6 is 0 Å². The van der Waals surface area contributed by atoms with Crippen molar-refractivity contribution in [3.8, 4) is 5.75 Å². The van der Waals surface area contributed by atoms with Gasteiger partial charge in [0.25, 0.3) is 5.69 Å². The van der Waals surface area contributed by atoms with Crippen LogP contribution in [0.15, 0.2) is 33.8 Å². The Morgan fingerprint density at radius 3 is 2.86 bits per heavy atom. The minimum absolute atomic E-state index is 0.0264. The molecule has 0 spiro atoms. The molecule has 1 aromatic heterocycles. The van der Waals surface area contributed by atoms with E-state index in [1.165, 1.54) is 6.20 Å². The molecule has 0 radical (unpaired) electrons. The second kappa shape index (κ2) is 6.07. The minimum atomic E-state index is -3.05. The van der Waals surface area contributed by atoms with Gasteiger partial charge in [0, 0.05) is 30.8 Å². The van der Waals surface area contributed by atoms with E-state index in [9.17, 15) is 18.9 Å². The number of benzene rings is 1. The summed E-state index contributed by atoms with van der Waals surface area (Å²) in [6.45, 7) is -1.44. The van der Waals surface area contributed by atoms with Gasteiger partial charge in [-0.05, 0) is 6.07 Å². The van der Waals surface area contributed by atoms with E-state index in [0.717, 1.165) is 24.4 Å². The smallest absolute Gasteiger partial charge is 0.387 e. The van der Waals surface area contributed by atoms with Gasteiger partial charge in [-0.2, -0.15) is 8.78 Å². The fourth-order valence-corrected chi connectivity index (χ4v) is 1.50. The number of aromatic nitrogens is 1. The van der Waals surface area contributed by atoms with E-state index in [2.05, 4.69) is 14.7 Å². The van der Waals surface area contributed by atoms with Gasteiger partial charge in [-0.1, -0.05) is 0 Å². The number of nitro benzene ring substituents is 1. The van der Waals surface area contributed by atoms with Gasteiger partial charge >= 0.3 is 6.61 Å². The molecule has 0 atom stereocenters. The van der Waals surface area contributed by atoms with Crippen molar-refractivity contribution in [1.29, 1.82) is 0 Å². The zero-order valence-corrected chi connectivity index (χ0v) is 10.7. The summed E-state index contributed by atoms with van der Waals surface area (Å²) < 4.78 is 33.9. The van der Waals surface area contributed by atoms with Gasteiger partial charge in [-0.25, -0.2) is 9.98 Å². The molecule has 0 aliphatic heterocycles. The van der Waals surface area contributed by atoms with E-state index in [-0.39, 0.29) is 22.9 Å². The molecule has 0 saturated heterocycles. The third-order valence-corrected chi connectivity index (χ3v) is 2.36. The van der Waals surface area contributed by atoms with Crippen LogP contribution in [0, 0.1) is 17.0 Å². The van der Waals surface area contributed by atoms with Crippen molar-refractivity contribution in [2.24, 2.45) is 4.99 Å². The van der Waals surface area contributed by atoms with E-state index in [1.54, 1.807) is 6.92 Å². The highest BCUT2D eigenvalue weighted by Gasteiger charge is 2.14. The van der Waals surface area contributed by atoms with Crippen LogP contribution in [-0.4, -0.2) is 22.7 Å². The highest BCUT2D eigenvalue weighted by atomic mass is 19.3. The minimum Gasteiger partial charge on any atom is -0.434 e. The average molecular weight is 297 g/mol. The first-order chi connectivity index (χ1) is 9.95. The molecule has 2 aromatic rings. The van der Waals surface area contributed by atoms with Gasteiger partial charge in [0.1, 0.15) is 5.75 Å². The second-order valence-corrected chi connectivity index (χ2v) is 3.83. The van der Waals surface area contributed by atoms with Crippen LogP contribution in [0.1, 0.15) is 11.5 Å². The maximum atomic E-state index is 12.3. The van der Waals surface area contributed by atoms with Crippen molar-refractivity contribution in [2.45, 2.75) is 13.5 Å². The summed E-state index contributed by atoms with van der Waals surface area (Å²) >= 11 is 0. The number of hydrogen-bond donors (Lipinski definition) is 0. The summed E-state index contributed by atoms with van der Waals surface area (Å²) in [6.07, 6.45) is 2.46. The fourth-order valence-electron chi connectivity index (χ4n) is 1.50. The predicted molar refractivity (Wildman–Crippen MR) is 68.2 cm³/mol. The number of ether oxygens (including phenoxy) is 1. The maximum Gasteiger partial charge on any atom is 0.387 e. The number of aliphatic imine (C=N–C) groups is 1. The molecule has 0 amide bonds. The van der Waals surface area contributed by atoms with Crippen molar-refractivity contribution in [3.63, 3.8) is 0 Å². The number of aryl methyl sites for hydroxylation is 1. The lowest BCUT2D eigenvalue weighted by Gasteiger charge is -2.07. The number of nitrogens with zero attached hydrogens (tertiary/aromatic N) is 3. The Morgan fingerprint density at radius 1 is 1.52 bits per heavy atom. The first-order valence-corrected chi connectivity index (χ1v) is 5.65. The Labute approximate surface area is 117 Å². The maximum absolute atomic E-state index is 12.3. The molecule has 9 heteroatoms. The Kier molecular flexibility index (Phi) is 4.21. The molecule has 21 heavy (non-hydrogen) atoms. The third kappa shape index (κ3) is 3.81. The molecule has 0 fully saturated rings. The van der Waals surface area contributed by atoms with Crippen LogP contribution < -0.4 is 4.74 Å². The molecule has 0 aliphatic carbocycles. The monoisotopic (exact) mass is 297 g/mol. The van der Waals surface area contributed by atoms with Crippen molar-refractivity contribution in [1.82, 2.24) is 4.98 Å². The summed E-state index contributed by atoms with van der Waals surface area (Å²) in [4.78, 5) is 17.7. The van der Waals surface area contributed by atoms with Crippen LogP contribution in [-0.2, 0) is 0 Å². The van der Waals surface area contributed by atoms with Crippen LogP contribution in [0.25, 0.3) is 0 Å². The molecular weight excluding hydrogens is 288 g/mol. The van der Waals surface area contributed by atoms with Crippen molar-refractivity contribution >= 4 is 17.8 Å². The SMILES string of the molecule is Cc1ncc(/N=C/c2cc([N+](=O)[O-])ccc2OC(F)F)o1. The Morgan fingerprint density at radius 2 is 2.29 bits per heavy atom. The van der Waals surface area contributed by atoms with E-state index < -0.39 is 11.5 Å². The van der Waals surface area contributed by atoms with Crippen LogP contribution in [0.2, 0.25) is 0 Å². The predicted octanol–water partition coefficient (Wildman–Crippen LogP) is 3.24. The molecule has 2 rings (SSSR count). The molecule has 7 nitrogen and oxygen atoms in total. The van der Waals surface area contributed by atoms with Gasteiger partial charge in [0.05, 0.1) is 11.1 Å². The first kappa shape index (κ1) is 14.6. The standard InChI is InChI=1S/C12H9F2N3O4/c1-7-15-6-11(20-7)16-5-8-4-9(17(18)19)2-3-10(8)21-12(13)14/h2-6,12H,1H3/b16-5+. The highest BCUT2D eigenvalue weighted by Crippen LogP contribution is 2.25. The second-order valence-electron chi connectivity index (χ2n) is 3.83. The van der Waals surface area contributed by atoms with Crippen LogP contribution in [0.3, 0.4) is 0 Å². The normalized spacial score (nSPS) is 11.2. The molecule has 0 bridgehead atoms. The summed E-state index contributed by atoms with van der Waals surface area (Å²) in [7, 11) is 0. The average Bonchev–Trinajstić information content (AvgIpc) is 2.82. The molecule has 1 aromatic carbocycles. The molecule has 110 valence electrons. The number of non-ortho nitro benzene ring substituents is 1. The lowest BCUT2D eigenvalue weighted by atomic mass is 10.2. The number of oxazole rings is 1. The lowest BCUT2D eigenvalue weighted by Crippen LogP contribution is -2.04. The third-order valence-electron chi connectivity index (χ3n) is 2.36. The summed E-state index contributed by atoms with van der Waals surface area (Å²) in [5.74, 6) is 0.294. The van der Waals surface area contributed by atoms with Crippen molar-refractivity contribution in [2.75, 3.05) is 0 Å². The van der Waals surface area contributed by atoms with Gasteiger partial charge in [0.15, 0.2) is 5.89 Å². The largest absolute Gasteiger partial charge is 0.434 e. The molecule has 1 heterocycles. The number of rotatable bonds is 5. The van der Waals surface area contributed by atoms with Crippen LogP contribution in [0.4, 0.5) is 20.4 Å². The molecule has 0 aliphatic rings. The van der Waals surface area contributed by atoms with Gasteiger partial charge in [-0.3, -0.25) is 10.1 Å².